The van der Waals surface area contributed by atoms with Crippen molar-refractivity contribution in [1.29, 1.82) is 0 Å². The number of rotatable bonds is 6. The average molecular weight is 338 g/mol. The number of sulfonamides is 1. The third kappa shape index (κ3) is 4.17. The monoisotopic (exact) mass is 338 g/mol. The lowest BCUT2D eigenvalue weighted by atomic mass is 10.2. The zero-order chi connectivity index (χ0) is 17.0. The lowest BCUT2D eigenvalue weighted by Crippen LogP contribution is -2.38. The Morgan fingerprint density at radius 1 is 1.30 bits per heavy atom. The molecule has 2 aromatic rings. The van der Waals surface area contributed by atoms with Gasteiger partial charge in [0, 0.05) is 0 Å². The minimum absolute atomic E-state index is 0.124. The predicted octanol–water partition coefficient (Wildman–Crippen LogP) is 1.70. The average Bonchev–Trinajstić information content (AvgIpc) is 2.85. The molecule has 0 saturated heterocycles. The number of aryl methyl sites for hydroxylation is 2. The van der Waals surface area contributed by atoms with Crippen LogP contribution in [-0.4, -0.2) is 25.6 Å². The maximum Gasteiger partial charge on any atom is 0.269 e. The van der Waals surface area contributed by atoms with E-state index in [2.05, 4.69) is 5.16 Å². The molecule has 0 bridgehead atoms. The summed E-state index contributed by atoms with van der Waals surface area (Å²) in [4.78, 5) is 11.9. The highest BCUT2D eigenvalue weighted by Gasteiger charge is 2.28. The molecule has 1 N–H and O–H groups in total. The second kappa shape index (κ2) is 6.93. The Morgan fingerprint density at radius 2 is 1.96 bits per heavy atom. The van der Waals surface area contributed by atoms with Gasteiger partial charge in [0.2, 0.25) is 0 Å². The van der Waals surface area contributed by atoms with Crippen LogP contribution < -0.4 is 4.72 Å². The number of carbonyl (C=O) groups excluding carboxylic acids is 1. The van der Waals surface area contributed by atoms with Crippen molar-refractivity contribution < 1.29 is 22.5 Å². The number of benzene rings is 1. The van der Waals surface area contributed by atoms with Crippen LogP contribution in [0.25, 0.3) is 0 Å². The molecule has 124 valence electrons. The quantitative estimate of drug-likeness (QED) is 0.861. The van der Waals surface area contributed by atoms with Crippen LogP contribution in [0.2, 0.25) is 0 Å². The maximum absolute atomic E-state index is 12.2. The Bertz CT molecular complexity index is 764. The molecule has 0 aliphatic heterocycles. The maximum atomic E-state index is 12.2. The Labute approximate surface area is 134 Å². The van der Waals surface area contributed by atoms with Crippen LogP contribution in [0.4, 0.5) is 0 Å². The fourth-order valence-electron chi connectivity index (χ4n) is 2.00. The van der Waals surface area contributed by atoms with Crippen molar-refractivity contribution in [3.8, 4) is 0 Å². The molecular weight excluding hydrogens is 320 g/mol. The molecule has 2 rings (SSSR count). The third-order valence-corrected chi connectivity index (χ3v) is 4.77. The van der Waals surface area contributed by atoms with Crippen molar-refractivity contribution in [2.45, 2.75) is 38.4 Å². The highest BCUT2D eigenvalue weighted by atomic mass is 32.2. The summed E-state index contributed by atoms with van der Waals surface area (Å²) in [7, 11) is -4.04. The highest BCUT2D eigenvalue weighted by molar-refractivity contribution is 7.90. The summed E-state index contributed by atoms with van der Waals surface area (Å²) >= 11 is 0. The number of aromatic nitrogens is 1. The van der Waals surface area contributed by atoms with Crippen LogP contribution in [-0.2, 0) is 26.2 Å². The normalized spacial score (nSPS) is 12.8. The Morgan fingerprint density at radius 3 is 2.52 bits per heavy atom. The number of ether oxygens (including phenoxy) is 1. The minimum atomic E-state index is -4.04. The number of hydrogen-bond acceptors (Lipinski definition) is 6. The van der Waals surface area contributed by atoms with Gasteiger partial charge in [0.15, 0.2) is 10.7 Å². The molecule has 1 atom stereocenters. The molecule has 0 aliphatic carbocycles. The largest absolute Gasteiger partial charge is 0.364 e. The fraction of sp³-hybridized carbons (Fsp3) is 0.333. The lowest BCUT2D eigenvalue weighted by Gasteiger charge is -2.13. The molecule has 1 amide bonds. The molecular formula is C15H18N2O5S. The van der Waals surface area contributed by atoms with E-state index in [-0.39, 0.29) is 23.0 Å². The molecule has 1 unspecified atom stereocenters. The number of nitrogens with one attached hydrogen (secondary N) is 1. The molecule has 0 saturated carbocycles. The van der Waals surface area contributed by atoms with Crippen molar-refractivity contribution in [2.75, 3.05) is 0 Å². The second-order valence-electron chi connectivity index (χ2n) is 5.06. The number of carbonyl (C=O) groups is 1. The Hall–Kier alpha value is -2.19. The standard InChI is InChI=1S/C15H18N2O5S/c1-10-14(11(2)22-16-10)23(19,20)17-15(18)12(3)21-9-13-7-5-4-6-8-13/h4-8,12H,9H2,1-3H3,(H,17,18). The summed E-state index contributed by atoms with van der Waals surface area (Å²) in [6.07, 6.45) is -0.926. The van der Waals surface area contributed by atoms with Gasteiger partial charge in [-0.25, -0.2) is 13.1 Å². The zero-order valence-corrected chi connectivity index (χ0v) is 13.9. The smallest absolute Gasteiger partial charge is 0.269 e. The summed E-state index contributed by atoms with van der Waals surface area (Å²) in [6, 6.07) is 9.28. The second-order valence-corrected chi connectivity index (χ2v) is 6.68. The fourth-order valence-corrected chi connectivity index (χ4v) is 3.37. The molecule has 23 heavy (non-hydrogen) atoms. The molecule has 7 nitrogen and oxygen atoms in total. The van der Waals surface area contributed by atoms with E-state index >= 15 is 0 Å². The van der Waals surface area contributed by atoms with E-state index in [9.17, 15) is 13.2 Å². The Balaban J connectivity index is 2.00. The van der Waals surface area contributed by atoms with Gasteiger partial charge in [0.1, 0.15) is 11.8 Å². The van der Waals surface area contributed by atoms with Crippen LogP contribution in [0.1, 0.15) is 23.9 Å². The summed E-state index contributed by atoms with van der Waals surface area (Å²) in [5.41, 5.74) is 1.08. The molecule has 8 heteroatoms. The summed E-state index contributed by atoms with van der Waals surface area (Å²) in [5, 5.41) is 3.57. The van der Waals surface area contributed by atoms with E-state index in [0.29, 0.717) is 0 Å². The summed E-state index contributed by atoms with van der Waals surface area (Å²) in [6.45, 7) is 4.65. The van der Waals surface area contributed by atoms with Crippen molar-refractivity contribution in [1.82, 2.24) is 9.88 Å². The van der Waals surface area contributed by atoms with Gasteiger partial charge in [-0.05, 0) is 26.3 Å². The first kappa shape index (κ1) is 17.2. The van der Waals surface area contributed by atoms with E-state index in [0.717, 1.165) is 5.56 Å². The molecule has 1 aromatic heterocycles. The first-order valence-corrected chi connectivity index (χ1v) is 8.44. The highest BCUT2D eigenvalue weighted by Crippen LogP contribution is 2.18. The van der Waals surface area contributed by atoms with E-state index in [1.54, 1.807) is 0 Å². The van der Waals surface area contributed by atoms with Gasteiger partial charge in [-0.1, -0.05) is 35.5 Å². The molecule has 0 spiro atoms. The van der Waals surface area contributed by atoms with E-state index in [1.165, 1.54) is 20.8 Å². The van der Waals surface area contributed by atoms with Crippen molar-refractivity contribution in [3.05, 3.63) is 47.3 Å². The van der Waals surface area contributed by atoms with E-state index in [4.69, 9.17) is 9.26 Å². The van der Waals surface area contributed by atoms with Gasteiger partial charge in [0.05, 0.1) is 6.61 Å². The molecule has 0 radical (unpaired) electrons. The molecule has 0 aliphatic rings. The number of nitrogens with zero attached hydrogens (tertiary/aromatic N) is 1. The topological polar surface area (TPSA) is 98.5 Å². The van der Waals surface area contributed by atoms with Gasteiger partial charge in [-0.2, -0.15) is 0 Å². The molecule has 1 heterocycles. The molecule has 1 aromatic carbocycles. The molecule has 0 fully saturated rings. The van der Waals surface area contributed by atoms with Gasteiger partial charge >= 0.3 is 0 Å². The van der Waals surface area contributed by atoms with Crippen LogP contribution in [0, 0.1) is 13.8 Å². The van der Waals surface area contributed by atoms with Gasteiger partial charge < -0.3 is 9.26 Å². The van der Waals surface area contributed by atoms with Crippen LogP contribution in [0.15, 0.2) is 39.8 Å². The lowest BCUT2D eigenvalue weighted by molar-refractivity contribution is -0.130. The summed E-state index contributed by atoms with van der Waals surface area (Å²) < 4.78 is 36.7. The SMILES string of the molecule is Cc1noc(C)c1S(=O)(=O)NC(=O)C(C)OCc1ccccc1. The number of amides is 1. The van der Waals surface area contributed by atoms with E-state index < -0.39 is 22.0 Å². The van der Waals surface area contributed by atoms with Crippen LogP contribution in [0.3, 0.4) is 0 Å². The van der Waals surface area contributed by atoms with Crippen molar-refractivity contribution >= 4 is 15.9 Å². The van der Waals surface area contributed by atoms with E-state index in [1.807, 2.05) is 35.1 Å². The minimum Gasteiger partial charge on any atom is -0.364 e. The van der Waals surface area contributed by atoms with Gasteiger partial charge in [0.25, 0.3) is 15.9 Å². The summed E-state index contributed by atoms with van der Waals surface area (Å²) in [5.74, 6) is -0.624. The Kier molecular flexibility index (Phi) is 5.17. The zero-order valence-electron chi connectivity index (χ0n) is 13.1. The van der Waals surface area contributed by atoms with Crippen LogP contribution in [0.5, 0.6) is 0 Å². The third-order valence-electron chi connectivity index (χ3n) is 3.18. The first-order chi connectivity index (χ1) is 10.8. The van der Waals surface area contributed by atoms with Gasteiger partial charge in [-0.15, -0.1) is 0 Å². The van der Waals surface area contributed by atoms with Crippen molar-refractivity contribution in [3.63, 3.8) is 0 Å². The van der Waals surface area contributed by atoms with Crippen LogP contribution >= 0.6 is 0 Å². The van der Waals surface area contributed by atoms with Crippen molar-refractivity contribution in [2.24, 2.45) is 0 Å². The predicted molar refractivity (Wildman–Crippen MR) is 82.0 cm³/mol. The number of hydrogen-bond donors (Lipinski definition) is 1. The first-order valence-electron chi connectivity index (χ1n) is 6.96. The van der Waals surface area contributed by atoms with Gasteiger partial charge in [-0.3, -0.25) is 4.79 Å².